The standard InChI is InChI=1S/C16H26N2O3/c1-17-6-5-7-18(2)15(11-17)16(19)12-8-13(20-3)10-14(9-12)21-4/h8-10,15-16,19H,5-7,11H2,1-4H3. The zero-order valence-electron chi connectivity index (χ0n) is 13.4. The van der Waals surface area contributed by atoms with Crippen molar-refractivity contribution in [1.29, 1.82) is 0 Å². The van der Waals surface area contributed by atoms with E-state index in [4.69, 9.17) is 9.47 Å². The van der Waals surface area contributed by atoms with Crippen molar-refractivity contribution >= 4 is 0 Å². The Morgan fingerprint density at radius 3 is 2.29 bits per heavy atom. The zero-order chi connectivity index (χ0) is 15.4. The van der Waals surface area contributed by atoms with Crippen molar-refractivity contribution in [3.63, 3.8) is 0 Å². The van der Waals surface area contributed by atoms with Gasteiger partial charge in [-0.05, 0) is 51.3 Å². The van der Waals surface area contributed by atoms with Gasteiger partial charge in [0, 0.05) is 12.6 Å². The van der Waals surface area contributed by atoms with Crippen LogP contribution in [0.3, 0.4) is 0 Å². The molecule has 1 fully saturated rings. The molecule has 0 saturated carbocycles. The van der Waals surface area contributed by atoms with Gasteiger partial charge in [0.2, 0.25) is 0 Å². The van der Waals surface area contributed by atoms with Gasteiger partial charge in [0.1, 0.15) is 11.5 Å². The third-order valence-corrected chi connectivity index (χ3v) is 4.20. The lowest BCUT2D eigenvalue weighted by atomic mass is 10.0. The van der Waals surface area contributed by atoms with E-state index in [1.54, 1.807) is 14.2 Å². The van der Waals surface area contributed by atoms with Gasteiger partial charge in [-0.2, -0.15) is 0 Å². The number of nitrogens with zero attached hydrogens (tertiary/aromatic N) is 2. The third kappa shape index (κ3) is 3.87. The van der Waals surface area contributed by atoms with Crippen molar-refractivity contribution in [2.75, 3.05) is 47.9 Å². The third-order valence-electron chi connectivity index (χ3n) is 4.20. The maximum Gasteiger partial charge on any atom is 0.122 e. The Morgan fingerprint density at radius 1 is 1.10 bits per heavy atom. The molecule has 1 N–H and O–H groups in total. The lowest BCUT2D eigenvalue weighted by Gasteiger charge is -2.32. The summed E-state index contributed by atoms with van der Waals surface area (Å²) in [6.45, 7) is 2.90. The number of likely N-dealkylation sites (N-methyl/N-ethyl adjacent to an activating group) is 2. The fraction of sp³-hybridized carbons (Fsp3) is 0.625. The summed E-state index contributed by atoms with van der Waals surface area (Å²) >= 11 is 0. The molecule has 0 amide bonds. The van der Waals surface area contributed by atoms with Crippen molar-refractivity contribution in [2.24, 2.45) is 0 Å². The molecule has 118 valence electrons. The highest BCUT2D eigenvalue weighted by molar-refractivity contribution is 5.39. The van der Waals surface area contributed by atoms with Gasteiger partial charge in [-0.15, -0.1) is 0 Å². The molecule has 1 aromatic carbocycles. The maximum absolute atomic E-state index is 10.8. The summed E-state index contributed by atoms with van der Waals surface area (Å²) in [5, 5.41) is 10.8. The van der Waals surface area contributed by atoms with Crippen molar-refractivity contribution in [3.05, 3.63) is 23.8 Å². The predicted molar refractivity (Wildman–Crippen MR) is 83.0 cm³/mol. The van der Waals surface area contributed by atoms with E-state index in [0.29, 0.717) is 11.5 Å². The Hall–Kier alpha value is -1.30. The summed E-state index contributed by atoms with van der Waals surface area (Å²) < 4.78 is 10.6. The van der Waals surface area contributed by atoms with Gasteiger partial charge in [0.25, 0.3) is 0 Å². The molecule has 2 atom stereocenters. The van der Waals surface area contributed by atoms with Gasteiger partial charge < -0.3 is 19.5 Å². The molecule has 0 aliphatic carbocycles. The normalized spacial score (nSPS) is 22.6. The van der Waals surface area contributed by atoms with Crippen LogP contribution in [0.2, 0.25) is 0 Å². The highest BCUT2D eigenvalue weighted by Crippen LogP contribution is 2.30. The second-order valence-corrected chi connectivity index (χ2v) is 5.75. The van der Waals surface area contributed by atoms with Crippen LogP contribution < -0.4 is 9.47 Å². The minimum absolute atomic E-state index is 0.0642. The number of hydrogen-bond acceptors (Lipinski definition) is 5. The first-order valence-corrected chi connectivity index (χ1v) is 7.35. The summed E-state index contributed by atoms with van der Waals surface area (Å²) in [5.41, 5.74) is 0.832. The highest BCUT2D eigenvalue weighted by atomic mass is 16.5. The van der Waals surface area contributed by atoms with Gasteiger partial charge in [0.15, 0.2) is 0 Å². The number of aliphatic hydroxyl groups excluding tert-OH is 1. The predicted octanol–water partition coefficient (Wildman–Crippen LogP) is 1.37. The highest BCUT2D eigenvalue weighted by Gasteiger charge is 2.28. The molecule has 5 nitrogen and oxygen atoms in total. The van der Waals surface area contributed by atoms with Crippen LogP contribution in [0.4, 0.5) is 0 Å². The van der Waals surface area contributed by atoms with Crippen molar-refractivity contribution < 1.29 is 14.6 Å². The lowest BCUT2D eigenvalue weighted by molar-refractivity contribution is 0.0569. The number of ether oxygens (including phenoxy) is 2. The number of methoxy groups -OCH3 is 2. The number of aliphatic hydroxyl groups is 1. The van der Waals surface area contributed by atoms with Gasteiger partial charge >= 0.3 is 0 Å². The van der Waals surface area contributed by atoms with E-state index in [2.05, 4.69) is 23.9 Å². The Bertz CT molecular complexity index is 445. The van der Waals surface area contributed by atoms with Crippen LogP contribution >= 0.6 is 0 Å². The molecule has 1 aromatic rings. The van der Waals surface area contributed by atoms with E-state index in [0.717, 1.165) is 31.6 Å². The zero-order valence-corrected chi connectivity index (χ0v) is 13.4. The average molecular weight is 294 g/mol. The summed E-state index contributed by atoms with van der Waals surface area (Å²) in [6.07, 6.45) is 0.553. The topological polar surface area (TPSA) is 45.2 Å². The van der Waals surface area contributed by atoms with Gasteiger partial charge in [0.05, 0.1) is 26.4 Å². The molecule has 0 bridgehead atoms. The number of hydrogen-bond donors (Lipinski definition) is 1. The Balaban J connectivity index is 2.26. The minimum Gasteiger partial charge on any atom is -0.497 e. The fourth-order valence-corrected chi connectivity index (χ4v) is 2.87. The van der Waals surface area contributed by atoms with Crippen LogP contribution in [0, 0.1) is 0 Å². The molecule has 1 aliphatic heterocycles. The first-order chi connectivity index (χ1) is 10.0. The van der Waals surface area contributed by atoms with Crippen LogP contribution in [0.5, 0.6) is 11.5 Å². The summed E-state index contributed by atoms with van der Waals surface area (Å²) in [5.74, 6) is 1.40. The lowest BCUT2D eigenvalue weighted by Crippen LogP contribution is -2.42. The van der Waals surface area contributed by atoms with E-state index in [1.807, 2.05) is 18.2 Å². The Morgan fingerprint density at radius 2 is 1.71 bits per heavy atom. The van der Waals surface area contributed by atoms with Crippen LogP contribution in [0.1, 0.15) is 18.1 Å². The van der Waals surface area contributed by atoms with Crippen LogP contribution in [-0.2, 0) is 0 Å². The molecule has 2 rings (SSSR count). The van der Waals surface area contributed by atoms with Crippen molar-refractivity contribution in [3.8, 4) is 11.5 Å². The monoisotopic (exact) mass is 294 g/mol. The number of benzene rings is 1. The SMILES string of the molecule is COc1cc(OC)cc(C(O)C2CN(C)CCCN2C)c1. The van der Waals surface area contributed by atoms with E-state index in [-0.39, 0.29) is 6.04 Å². The molecule has 2 unspecified atom stereocenters. The first-order valence-electron chi connectivity index (χ1n) is 7.35. The minimum atomic E-state index is -0.570. The van der Waals surface area contributed by atoms with Gasteiger partial charge in [-0.25, -0.2) is 0 Å². The molecule has 0 spiro atoms. The Labute approximate surface area is 127 Å². The fourth-order valence-electron chi connectivity index (χ4n) is 2.87. The summed E-state index contributed by atoms with van der Waals surface area (Å²) in [4.78, 5) is 4.51. The van der Waals surface area contributed by atoms with E-state index in [1.165, 1.54) is 0 Å². The van der Waals surface area contributed by atoms with E-state index < -0.39 is 6.10 Å². The molecule has 1 saturated heterocycles. The van der Waals surface area contributed by atoms with Crippen LogP contribution in [0.25, 0.3) is 0 Å². The average Bonchev–Trinajstić information content (AvgIpc) is 2.67. The quantitative estimate of drug-likeness (QED) is 0.909. The molecular weight excluding hydrogens is 268 g/mol. The molecule has 1 aliphatic rings. The van der Waals surface area contributed by atoms with Crippen LogP contribution in [-0.4, -0.2) is 68.9 Å². The second-order valence-electron chi connectivity index (χ2n) is 5.75. The molecular formula is C16H26N2O3. The molecule has 21 heavy (non-hydrogen) atoms. The van der Waals surface area contributed by atoms with Crippen molar-refractivity contribution in [2.45, 2.75) is 18.6 Å². The summed E-state index contributed by atoms with van der Waals surface area (Å²) in [7, 11) is 7.42. The molecule has 5 heteroatoms. The molecule has 1 heterocycles. The van der Waals surface area contributed by atoms with Gasteiger partial charge in [-0.1, -0.05) is 0 Å². The second kappa shape index (κ2) is 7.11. The largest absolute Gasteiger partial charge is 0.497 e. The summed E-state index contributed by atoms with van der Waals surface area (Å²) in [6, 6.07) is 5.64. The molecule has 0 radical (unpaired) electrons. The van der Waals surface area contributed by atoms with Crippen LogP contribution in [0.15, 0.2) is 18.2 Å². The Kier molecular flexibility index (Phi) is 5.45. The first kappa shape index (κ1) is 16.1. The van der Waals surface area contributed by atoms with E-state index >= 15 is 0 Å². The number of rotatable bonds is 4. The molecule has 0 aromatic heterocycles. The van der Waals surface area contributed by atoms with E-state index in [9.17, 15) is 5.11 Å². The van der Waals surface area contributed by atoms with Crippen molar-refractivity contribution in [1.82, 2.24) is 9.80 Å². The maximum atomic E-state index is 10.8. The van der Waals surface area contributed by atoms with Gasteiger partial charge in [-0.3, -0.25) is 4.90 Å². The smallest absolute Gasteiger partial charge is 0.122 e.